The van der Waals surface area contributed by atoms with Crippen LogP contribution in [0.1, 0.15) is 64.9 Å². The van der Waals surface area contributed by atoms with Gasteiger partial charge in [0.1, 0.15) is 0 Å². The number of nitrogens with zero attached hydrogens (tertiary/aromatic N) is 1. The summed E-state index contributed by atoms with van der Waals surface area (Å²) in [5.41, 5.74) is 2.54. The highest BCUT2D eigenvalue weighted by molar-refractivity contribution is 6.00. The van der Waals surface area contributed by atoms with Crippen LogP contribution in [0, 0.1) is 11.3 Å². The quantitative estimate of drug-likeness (QED) is 0.877. The molecule has 136 valence electrons. The van der Waals surface area contributed by atoms with Crippen LogP contribution in [0.5, 0.6) is 0 Å². The molecule has 2 aliphatic rings. The van der Waals surface area contributed by atoms with E-state index in [1.54, 1.807) is 0 Å². The highest BCUT2D eigenvalue weighted by Crippen LogP contribution is 2.34. The molecule has 0 aromatic heterocycles. The molecule has 1 saturated carbocycles. The normalized spacial score (nSPS) is 18.1. The Labute approximate surface area is 151 Å². The molecule has 0 unspecified atom stereocenters. The summed E-state index contributed by atoms with van der Waals surface area (Å²) >= 11 is 0. The van der Waals surface area contributed by atoms with Crippen LogP contribution in [-0.2, 0) is 16.0 Å². The lowest BCUT2D eigenvalue weighted by Gasteiger charge is -2.26. The van der Waals surface area contributed by atoms with Gasteiger partial charge in [-0.25, -0.2) is 0 Å². The SMILES string of the molecule is CC(C)(C)C(=O)N1CCc2ccc(NC(=O)CC3CCCCC3)cc21. The zero-order valence-electron chi connectivity index (χ0n) is 15.7. The third kappa shape index (κ3) is 4.23. The van der Waals surface area contributed by atoms with E-state index in [0.29, 0.717) is 12.3 Å². The zero-order valence-corrected chi connectivity index (χ0v) is 15.7. The van der Waals surface area contributed by atoms with Crippen LogP contribution in [0.25, 0.3) is 0 Å². The number of rotatable bonds is 3. The van der Waals surface area contributed by atoms with E-state index >= 15 is 0 Å². The van der Waals surface area contributed by atoms with Crippen molar-refractivity contribution >= 4 is 23.2 Å². The van der Waals surface area contributed by atoms with Crippen molar-refractivity contribution in [1.29, 1.82) is 0 Å². The van der Waals surface area contributed by atoms with Crippen molar-refractivity contribution < 1.29 is 9.59 Å². The number of carbonyl (C=O) groups is 2. The van der Waals surface area contributed by atoms with Crippen molar-refractivity contribution in [3.05, 3.63) is 23.8 Å². The summed E-state index contributed by atoms with van der Waals surface area (Å²) < 4.78 is 0. The van der Waals surface area contributed by atoms with Crippen LogP contribution >= 0.6 is 0 Å². The molecular formula is C21H30N2O2. The van der Waals surface area contributed by atoms with Crippen molar-refractivity contribution in [2.24, 2.45) is 11.3 Å². The van der Waals surface area contributed by atoms with Gasteiger partial charge in [-0.2, -0.15) is 0 Å². The Morgan fingerprint density at radius 2 is 1.88 bits per heavy atom. The molecule has 0 radical (unpaired) electrons. The minimum atomic E-state index is -0.401. The molecule has 1 aliphatic carbocycles. The van der Waals surface area contributed by atoms with Gasteiger partial charge in [0, 0.05) is 29.8 Å². The average molecular weight is 342 g/mol. The number of nitrogens with one attached hydrogen (secondary N) is 1. The molecule has 4 nitrogen and oxygen atoms in total. The van der Waals surface area contributed by atoms with E-state index in [2.05, 4.69) is 5.32 Å². The summed E-state index contributed by atoms with van der Waals surface area (Å²) in [5, 5.41) is 3.04. The fourth-order valence-electron chi connectivity index (χ4n) is 3.94. The van der Waals surface area contributed by atoms with Crippen molar-refractivity contribution in [3.8, 4) is 0 Å². The predicted octanol–water partition coefficient (Wildman–Crippen LogP) is 4.53. The molecule has 0 saturated heterocycles. The molecule has 1 N–H and O–H groups in total. The van der Waals surface area contributed by atoms with Crippen LogP contribution in [0.3, 0.4) is 0 Å². The van der Waals surface area contributed by atoms with Gasteiger partial charge in [0.05, 0.1) is 0 Å². The largest absolute Gasteiger partial charge is 0.326 e. The minimum Gasteiger partial charge on any atom is -0.326 e. The Hall–Kier alpha value is -1.84. The van der Waals surface area contributed by atoms with Gasteiger partial charge in [-0.1, -0.05) is 46.1 Å². The molecule has 1 fully saturated rings. The van der Waals surface area contributed by atoms with Gasteiger partial charge in [-0.15, -0.1) is 0 Å². The topological polar surface area (TPSA) is 49.4 Å². The van der Waals surface area contributed by atoms with E-state index in [1.807, 2.05) is 43.9 Å². The third-order valence-electron chi connectivity index (χ3n) is 5.35. The molecule has 1 aromatic rings. The molecule has 1 aliphatic heterocycles. The first-order chi connectivity index (χ1) is 11.8. The van der Waals surface area contributed by atoms with Crippen LogP contribution in [0.15, 0.2) is 18.2 Å². The Morgan fingerprint density at radius 1 is 1.16 bits per heavy atom. The number of carbonyl (C=O) groups excluding carboxylic acids is 2. The summed E-state index contributed by atoms with van der Waals surface area (Å²) in [6.45, 7) is 6.57. The molecule has 25 heavy (non-hydrogen) atoms. The van der Waals surface area contributed by atoms with Gasteiger partial charge in [-0.05, 0) is 42.9 Å². The number of anilines is 2. The number of hydrogen-bond acceptors (Lipinski definition) is 2. The lowest BCUT2D eigenvalue weighted by molar-refractivity contribution is -0.125. The smallest absolute Gasteiger partial charge is 0.232 e. The van der Waals surface area contributed by atoms with Crippen LogP contribution in [0.4, 0.5) is 11.4 Å². The van der Waals surface area contributed by atoms with Crippen molar-refractivity contribution in [1.82, 2.24) is 0 Å². The first-order valence-corrected chi connectivity index (χ1v) is 9.59. The molecule has 4 heteroatoms. The predicted molar refractivity (Wildman–Crippen MR) is 102 cm³/mol. The lowest BCUT2D eigenvalue weighted by atomic mass is 9.87. The first kappa shape index (κ1) is 18.0. The highest BCUT2D eigenvalue weighted by atomic mass is 16.2. The first-order valence-electron chi connectivity index (χ1n) is 9.59. The van der Waals surface area contributed by atoms with Crippen molar-refractivity contribution in [2.75, 3.05) is 16.8 Å². The van der Waals surface area contributed by atoms with E-state index in [1.165, 1.54) is 37.7 Å². The van der Waals surface area contributed by atoms with Gasteiger partial charge >= 0.3 is 0 Å². The van der Waals surface area contributed by atoms with Gasteiger partial charge in [0.2, 0.25) is 11.8 Å². The molecule has 0 bridgehead atoms. The summed E-state index contributed by atoms with van der Waals surface area (Å²) in [6, 6.07) is 5.97. The molecule has 1 heterocycles. The van der Waals surface area contributed by atoms with Gasteiger partial charge in [0.15, 0.2) is 0 Å². The van der Waals surface area contributed by atoms with E-state index in [0.717, 1.165) is 24.3 Å². The second-order valence-electron chi connectivity index (χ2n) is 8.56. The molecule has 3 rings (SSSR count). The summed E-state index contributed by atoms with van der Waals surface area (Å²) in [6.07, 6.45) is 7.65. The maximum absolute atomic E-state index is 12.7. The Bertz CT molecular complexity index is 654. The maximum atomic E-state index is 12.7. The Balaban J connectivity index is 1.68. The van der Waals surface area contributed by atoms with Crippen LogP contribution in [-0.4, -0.2) is 18.4 Å². The number of benzene rings is 1. The summed E-state index contributed by atoms with van der Waals surface area (Å²) in [4.78, 5) is 26.9. The number of fused-ring (bicyclic) bond motifs is 1. The molecule has 0 spiro atoms. The zero-order chi connectivity index (χ0) is 18.0. The van der Waals surface area contributed by atoms with Gasteiger partial charge in [0.25, 0.3) is 0 Å². The fraction of sp³-hybridized carbons (Fsp3) is 0.619. The number of hydrogen-bond donors (Lipinski definition) is 1. The summed E-state index contributed by atoms with van der Waals surface area (Å²) in [5.74, 6) is 0.762. The van der Waals surface area contributed by atoms with Crippen molar-refractivity contribution in [3.63, 3.8) is 0 Å². The standard InChI is InChI=1S/C21H30N2O2/c1-21(2,3)20(25)23-12-11-16-9-10-17(14-18(16)23)22-19(24)13-15-7-5-4-6-8-15/h9-10,14-15H,4-8,11-13H2,1-3H3,(H,22,24). The average Bonchev–Trinajstić information content (AvgIpc) is 2.97. The molecule has 2 amide bonds. The Morgan fingerprint density at radius 3 is 2.56 bits per heavy atom. The molecule has 1 aromatic carbocycles. The van der Waals surface area contributed by atoms with Crippen molar-refractivity contribution in [2.45, 2.75) is 65.7 Å². The van der Waals surface area contributed by atoms with Crippen LogP contribution < -0.4 is 10.2 Å². The van der Waals surface area contributed by atoms with Gasteiger partial charge < -0.3 is 10.2 Å². The highest BCUT2D eigenvalue weighted by Gasteiger charge is 2.32. The van der Waals surface area contributed by atoms with E-state index in [4.69, 9.17) is 0 Å². The molecular weight excluding hydrogens is 312 g/mol. The fourth-order valence-corrected chi connectivity index (χ4v) is 3.94. The second-order valence-corrected chi connectivity index (χ2v) is 8.56. The Kier molecular flexibility index (Phi) is 5.16. The lowest BCUT2D eigenvalue weighted by Crippen LogP contribution is -2.38. The monoisotopic (exact) mass is 342 g/mol. The van der Waals surface area contributed by atoms with Crippen LogP contribution in [0.2, 0.25) is 0 Å². The minimum absolute atomic E-state index is 0.0959. The number of amides is 2. The van der Waals surface area contributed by atoms with Gasteiger partial charge in [-0.3, -0.25) is 9.59 Å². The van der Waals surface area contributed by atoms with E-state index < -0.39 is 5.41 Å². The third-order valence-corrected chi connectivity index (χ3v) is 5.35. The van der Waals surface area contributed by atoms with E-state index in [9.17, 15) is 9.59 Å². The molecule has 0 atom stereocenters. The van der Waals surface area contributed by atoms with E-state index in [-0.39, 0.29) is 11.8 Å². The maximum Gasteiger partial charge on any atom is 0.232 e. The summed E-state index contributed by atoms with van der Waals surface area (Å²) in [7, 11) is 0. The second kappa shape index (κ2) is 7.19.